The van der Waals surface area contributed by atoms with E-state index in [4.69, 9.17) is 16.3 Å². The fourth-order valence-electron chi connectivity index (χ4n) is 1.11. The molecule has 0 atom stereocenters. The lowest BCUT2D eigenvalue weighted by atomic mass is 10.4. The summed E-state index contributed by atoms with van der Waals surface area (Å²) in [4.78, 5) is 17.4. The molecular weight excluding hydrogens is 260 g/mol. The number of hydrogen-bond acceptors (Lipinski definition) is 6. The van der Waals surface area contributed by atoms with Crippen molar-refractivity contribution in [2.75, 3.05) is 25.1 Å². The first-order valence-corrected chi connectivity index (χ1v) is 5.51. The summed E-state index contributed by atoms with van der Waals surface area (Å²) in [5.74, 6) is 0.0823. The van der Waals surface area contributed by atoms with Crippen molar-refractivity contribution in [2.45, 2.75) is 6.92 Å². The zero-order valence-electron chi connectivity index (χ0n) is 9.85. The minimum absolute atomic E-state index is 0.0500. The van der Waals surface area contributed by atoms with E-state index in [1.54, 1.807) is 0 Å². The molecule has 98 valence electrons. The SMILES string of the molecule is C=C(C)COCCNc1nc(Cl)ncc1[N+](=O)[O-]. The Labute approximate surface area is 109 Å². The summed E-state index contributed by atoms with van der Waals surface area (Å²) >= 11 is 5.58. The second-order valence-corrected chi connectivity index (χ2v) is 3.90. The van der Waals surface area contributed by atoms with Crippen molar-refractivity contribution in [3.63, 3.8) is 0 Å². The van der Waals surface area contributed by atoms with Gasteiger partial charge in [0.2, 0.25) is 11.1 Å². The second kappa shape index (κ2) is 6.87. The molecule has 0 fully saturated rings. The van der Waals surface area contributed by atoms with Gasteiger partial charge >= 0.3 is 5.69 Å². The Morgan fingerprint density at radius 1 is 1.72 bits per heavy atom. The van der Waals surface area contributed by atoms with E-state index in [0.717, 1.165) is 11.8 Å². The van der Waals surface area contributed by atoms with Crippen LogP contribution in [0.2, 0.25) is 5.28 Å². The highest BCUT2D eigenvalue weighted by Gasteiger charge is 2.16. The second-order valence-electron chi connectivity index (χ2n) is 3.57. The van der Waals surface area contributed by atoms with Crippen LogP contribution in [0.5, 0.6) is 0 Å². The Balaban J connectivity index is 2.53. The molecule has 1 aromatic heterocycles. The number of anilines is 1. The molecule has 0 spiro atoms. The van der Waals surface area contributed by atoms with E-state index in [9.17, 15) is 10.1 Å². The molecule has 0 saturated carbocycles. The van der Waals surface area contributed by atoms with Crippen molar-refractivity contribution in [1.82, 2.24) is 9.97 Å². The third-order valence-corrected chi connectivity index (χ3v) is 2.01. The summed E-state index contributed by atoms with van der Waals surface area (Å²) in [5.41, 5.74) is 0.686. The van der Waals surface area contributed by atoms with Crippen LogP contribution in [0.25, 0.3) is 0 Å². The van der Waals surface area contributed by atoms with Gasteiger partial charge in [-0.05, 0) is 18.5 Å². The lowest BCUT2D eigenvalue weighted by molar-refractivity contribution is -0.384. The Kier molecular flexibility index (Phi) is 5.47. The van der Waals surface area contributed by atoms with Crippen molar-refractivity contribution >= 4 is 23.1 Å². The highest BCUT2D eigenvalue weighted by Crippen LogP contribution is 2.21. The third-order valence-electron chi connectivity index (χ3n) is 1.82. The average Bonchev–Trinajstić information content (AvgIpc) is 2.27. The molecule has 8 heteroatoms. The van der Waals surface area contributed by atoms with E-state index in [0.29, 0.717) is 19.8 Å². The van der Waals surface area contributed by atoms with Crippen LogP contribution in [-0.2, 0) is 4.74 Å². The number of rotatable bonds is 7. The van der Waals surface area contributed by atoms with E-state index in [1.807, 2.05) is 6.92 Å². The first kappa shape index (κ1) is 14.3. The molecular formula is C10H13ClN4O3. The standard InChI is InChI=1S/C10H13ClN4O3/c1-7(2)6-18-4-3-12-9-8(15(16)17)5-13-10(11)14-9/h5H,1,3-4,6H2,2H3,(H,12,13,14). The summed E-state index contributed by atoms with van der Waals surface area (Å²) in [5, 5.41) is 13.4. The van der Waals surface area contributed by atoms with Gasteiger partial charge in [-0.15, -0.1) is 0 Å². The zero-order chi connectivity index (χ0) is 13.5. The van der Waals surface area contributed by atoms with E-state index in [2.05, 4.69) is 21.9 Å². The van der Waals surface area contributed by atoms with Crippen LogP contribution >= 0.6 is 11.6 Å². The quantitative estimate of drug-likeness (QED) is 0.269. The molecule has 1 N–H and O–H groups in total. The van der Waals surface area contributed by atoms with E-state index < -0.39 is 4.92 Å². The molecule has 0 unspecified atom stereocenters. The Bertz CT molecular complexity index is 453. The van der Waals surface area contributed by atoms with Crippen LogP contribution in [0, 0.1) is 10.1 Å². The third kappa shape index (κ3) is 4.64. The molecule has 0 aliphatic carbocycles. The predicted octanol–water partition coefficient (Wildman–Crippen LogP) is 2.04. The maximum absolute atomic E-state index is 10.7. The van der Waals surface area contributed by atoms with Gasteiger partial charge in [-0.3, -0.25) is 10.1 Å². The first-order chi connectivity index (χ1) is 8.50. The lowest BCUT2D eigenvalue weighted by Crippen LogP contribution is -2.12. The molecule has 0 radical (unpaired) electrons. The molecule has 0 aliphatic heterocycles. The first-order valence-electron chi connectivity index (χ1n) is 5.13. The molecule has 1 aromatic rings. The van der Waals surface area contributed by atoms with E-state index >= 15 is 0 Å². The van der Waals surface area contributed by atoms with Crippen LogP contribution in [0.4, 0.5) is 11.5 Å². The van der Waals surface area contributed by atoms with Gasteiger partial charge < -0.3 is 10.1 Å². The average molecular weight is 273 g/mol. The molecule has 0 saturated heterocycles. The van der Waals surface area contributed by atoms with Gasteiger partial charge in [0.15, 0.2) is 0 Å². The van der Waals surface area contributed by atoms with Gasteiger partial charge in [0.25, 0.3) is 0 Å². The van der Waals surface area contributed by atoms with Gasteiger partial charge in [0.1, 0.15) is 6.20 Å². The van der Waals surface area contributed by atoms with Crippen molar-refractivity contribution in [1.29, 1.82) is 0 Å². The Morgan fingerprint density at radius 2 is 2.44 bits per heavy atom. The van der Waals surface area contributed by atoms with Crippen LogP contribution in [-0.4, -0.2) is 34.6 Å². The minimum atomic E-state index is -0.576. The van der Waals surface area contributed by atoms with Crippen molar-refractivity contribution < 1.29 is 9.66 Å². The number of nitrogens with one attached hydrogen (secondary N) is 1. The number of nitro groups is 1. The maximum atomic E-state index is 10.7. The number of hydrogen-bond donors (Lipinski definition) is 1. The van der Waals surface area contributed by atoms with Crippen LogP contribution in [0.1, 0.15) is 6.92 Å². The Morgan fingerprint density at radius 3 is 3.06 bits per heavy atom. The molecule has 0 bridgehead atoms. The van der Waals surface area contributed by atoms with E-state index in [1.165, 1.54) is 0 Å². The van der Waals surface area contributed by atoms with Crippen molar-refractivity contribution in [3.05, 3.63) is 33.7 Å². The summed E-state index contributed by atoms with van der Waals surface area (Å²) in [6.07, 6.45) is 1.06. The molecule has 7 nitrogen and oxygen atoms in total. The molecule has 0 amide bonds. The molecule has 0 aliphatic rings. The molecule has 1 heterocycles. The normalized spacial score (nSPS) is 10.1. The fourth-order valence-corrected chi connectivity index (χ4v) is 1.24. The van der Waals surface area contributed by atoms with Crippen LogP contribution in [0.3, 0.4) is 0 Å². The topological polar surface area (TPSA) is 90.2 Å². The maximum Gasteiger partial charge on any atom is 0.329 e. The van der Waals surface area contributed by atoms with E-state index in [-0.39, 0.29) is 16.8 Å². The van der Waals surface area contributed by atoms with Gasteiger partial charge in [-0.1, -0.05) is 12.2 Å². The highest BCUT2D eigenvalue weighted by molar-refractivity contribution is 6.28. The van der Waals surface area contributed by atoms with Crippen LogP contribution < -0.4 is 5.32 Å². The zero-order valence-corrected chi connectivity index (χ0v) is 10.6. The summed E-state index contributed by atoms with van der Waals surface area (Å²) in [6.45, 7) is 6.75. The minimum Gasteiger partial charge on any atom is -0.375 e. The molecule has 1 rings (SSSR count). The molecule has 0 aromatic carbocycles. The van der Waals surface area contributed by atoms with Crippen molar-refractivity contribution in [2.24, 2.45) is 0 Å². The number of halogens is 1. The number of ether oxygens (including phenoxy) is 1. The van der Waals surface area contributed by atoms with Gasteiger partial charge in [0.05, 0.1) is 18.1 Å². The summed E-state index contributed by atoms with van der Waals surface area (Å²) < 4.78 is 5.24. The number of aromatic nitrogens is 2. The van der Waals surface area contributed by atoms with Gasteiger partial charge in [-0.25, -0.2) is 4.98 Å². The van der Waals surface area contributed by atoms with Gasteiger partial charge in [-0.2, -0.15) is 4.98 Å². The highest BCUT2D eigenvalue weighted by atomic mass is 35.5. The smallest absolute Gasteiger partial charge is 0.329 e. The number of nitrogens with zero attached hydrogens (tertiary/aromatic N) is 3. The fraction of sp³-hybridized carbons (Fsp3) is 0.400. The van der Waals surface area contributed by atoms with Crippen molar-refractivity contribution in [3.8, 4) is 0 Å². The molecule has 18 heavy (non-hydrogen) atoms. The van der Waals surface area contributed by atoms with Gasteiger partial charge in [0, 0.05) is 6.54 Å². The Hall–Kier alpha value is -1.73. The van der Waals surface area contributed by atoms with Crippen LogP contribution in [0.15, 0.2) is 18.3 Å². The summed E-state index contributed by atoms with van der Waals surface area (Å²) in [6, 6.07) is 0. The predicted molar refractivity (Wildman–Crippen MR) is 67.8 cm³/mol. The monoisotopic (exact) mass is 272 g/mol. The lowest BCUT2D eigenvalue weighted by Gasteiger charge is -2.06. The summed E-state index contributed by atoms with van der Waals surface area (Å²) in [7, 11) is 0. The largest absolute Gasteiger partial charge is 0.375 e.